The van der Waals surface area contributed by atoms with Crippen molar-refractivity contribution in [3.05, 3.63) is 64.4 Å². The van der Waals surface area contributed by atoms with E-state index in [4.69, 9.17) is 0 Å². The number of amides is 2. The molecule has 0 unspecified atom stereocenters. The van der Waals surface area contributed by atoms with Gasteiger partial charge in [0.2, 0.25) is 21.8 Å². The Hall–Kier alpha value is -2.46. The Morgan fingerprint density at radius 2 is 1.71 bits per heavy atom. The van der Waals surface area contributed by atoms with Crippen LogP contribution in [0.15, 0.2) is 53.0 Å². The summed E-state index contributed by atoms with van der Waals surface area (Å²) in [6.45, 7) is 5.70. The standard InChI is InChI=1S/C25H33BrFN3O4S/c1-5-18(2)28-25(32)19(3)29(17-20-12-14-21(26)15-13-20)24(31)11-8-16-30(35(4,33)34)23-10-7-6-9-22(23)27/h6-7,9-10,12-15,18-19H,5,8,11,16-17H2,1-4H3,(H,28,32)/t18-,19+/m0/s1. The van der Waals surface area contributed by atoms with Crippen molar-refractivity contribution in [1.82, 2.24) is 10.2 Å². The predicted octanol–water partition coefficient (Wildman–Crippen LogP) is 4.47. The van der Waals surface area contributed by atoms with Gasteiger partial charge in [0.1, 0.15) is 11.9 Å². The number of benzene rings is 2. The van der Waals surface area contributed by atoms with E-state index < -0.39 is 21.9 Å². The van der Waals surface area contributed by atoms with Gasteiger partial charge >= 0.3 is 0 Å². The molecule has 192 valence electrons. The summed E-state index contributed by atoms with van der Waals surface area (Å²) >= 11 is 3.39. The monoisotopic (exact) mass is 569 g/mol. The second-order valence-electron chi connectivity index (χ2n) is 8.53. The number of hydrogen-bond donors (Lipinski definition) is 1. The molecule has 0 radical (unpaired) electrons. The molecular weight excluding hydrogens is 537 g/mol. The zero-order valence-corrected chi connectivity index (χ0v) is 22.9. The van der Waals surface area contributed by atoms with Gasteiger partial charge in [0.05, 0.1) is 11.9 Å². The van der Waals surface area contributed by atoms with Crippen molar-refractivity contribution < 1.29 is 22.4 Å². The van der Waals surface area contributed by atoms with Gasteiger partial charge in [-0.25, -0.2) is 12.8 Å². The molecule has 35 heavy (non-hydrogen) atoms. The number of para-hydroxylation sites is 1. The number of anilines is 1. The first-order valence-corrected chi connectivity index (χ1v) is 14.1. The molecule has 0 bridgehead atoms. The summed E-state index contributed by atoms with van der Waals surface area (Å²) in [6, 6.07) is 12.3. The number of hydrogen-bond acceptors (Lipinski definition) is 4. The molecule has 0 aliphatic rings. The van der Waals surface area contributed by atoms with Crippen LogP contribution in [0.25, 0.3) is 0 Å². The van der Waals surface area contributed by atoms with Gasteiger partial charge in [0.15, 0.2) is 0 Å². The normalized spacial score (nSPS) is 13.1. The summed E-state index contributed by atoms with van der Waals surface area (Å²) in [6.07, 6.45) is 1.92. The SMILES string of the molecule is CC[C@H](C)NC(=O)[C@@H](C)N(Cc1ccc(Br)cc1)C(=O)CCCN(c1ccccc1F)S(C)(=O)=O. The molecule has 0 heterocycles. The number of nitrogens with one attached hydrogen (secondary N) is 1. The van der Waals surface area contributed by atoms with E-state index in [9.17, 15) is 22.4 Å². The van der Waals surface area contributed by atoms with Crippen LogP contribution in [0, 0.1) is 5.82 Å². The van der Waals surface area contributed by atoms with Crippen molar-refractivity contribution in [2.24, 2.45) is 0 Å². The van der Waals surface area contributed by atoms with Crippen LogP contribution in [-0.4, -0.2) is 50.0 Å². The minimum atomic E-state index is -3.76. The molecule has 2 aromatic rings. The van der Waals surface area contributed by atoms with Crippen molar-refractivity contribution in [2.45, 2.75) is 58.7 Å². The summed E-state index contributed by atoms with van der Waals surface area (Å²) in [5.41, 5.74) is 0.796. The second-order valence-corrected chi connectivity index (χ2v) is 11.4. The van der Waals surface area contributed by atoms with E-state index in [1.54, 1.807) is 13.0 Å². The molecule has 0 aliphatic heterocycles. The summed E-state index contributed by atoms with van der Waals surface area (Å²) in [5.74, 6) is -1.20. The van der Waals surface area contributed by atoms with Gasteiger partial charge in [0, 0.05) is 30.0 Å². The van der Waals surface area contributed by atoms with Crippen molar-refractivity contribution in [2.75, 3.05) is 17.1 Å². The lowest BCUT2D eigenvalue weighted by Crippen LogP contribution is -2.49. The fourth-order valence-electron chi connectivity index (χ4n) is 3.47. The number of carbonyl (C=O) groups excluding carboxylic acids is 2. The van der Waals surface area contributed by atoms with Gasteiger partial charge in [-0.1, -0.05) is 47.1 Å². The van der Waals surface area contributed by atoms with Crippen molar-refractivity contribution >= 4 is 43.5 Å². The zero-order valence-electron chi connectivity index (χ0n) is 20.5. The Bertz CT molecular complexity index is 1110. The molecule has 0 saturated heterocycles. The van der Waals surface area contributed by atoms with Crippen LogP contribution in [0.1, 0.15) is 45.6 Å². The van der Waals surface area contributed by atoms with E-state index in [1.807, 2.05) is 38.1 Å². The minimum absolute atomic E-state index is 0.00203. The van der Waals surface area contributed by atoms with Crippen LogP contribution in [0.5, 0.6) is 0 Å². The van der Waals surface area contributed by atoms with Gasteiger partial charge in [-0.05, 0) is 56.5 Å². The van der Waals surface area contributed by atoms with Crippen molar-refractivity contribution in [1.29, 1.82) is 0 Å². The first-order valence-electron chi connectivity index (χ1n) is 11.5. The average Bonchev–Trinajstić information content (AvgIpc) is 2.80. The maximum atomic E-state index is 14.3. The lowest BCUT2D eigenvalue weighted by Gasteiger charge is -2.30. The van der Waals surface area contributed by atoms with Crippen molar-refractivity contribution in [3.8, 4) is 0 Å². The topological polar surface area (TPSA) is 86.8 Å². The number of sulfonamides is 1. The van der Waals surface area contributed by atoms with Crippen LogP contribution < -0.4 is 9.62 Å². The lowest BCUT2D eigenvalue weighted by molar-refractivity contribution is -0.140. The van der Waals surface area contributed by atoms with Crippen molar-refractivity contribution in [3.63, 3.8) is 0 Å². The number of nitrogens with zero attached hydrogens (tertiary/aromatic N) is 2. The minimum Gasteiger partial charge on any atom is -0.352 e. The molecule has 0 fully saturated rings. The number of carbonyl (C=O) groups is 2. The highest BCUT2D eigenvalue weighted by atomic mass is 79.9. The third kappa shape index (κ3) is 8.61. The molecular formula is C25H33BrFN3O4S. The van der Waals surface area contributed by atoms with Crippen LogP contribution in [0.2, 0.25) is 0 Å². The third-order valence-electron chi connectivity index (χ3n) is 5.71. The Morgan fingerprint density at radius 3 is 2.29 bits per heavy atom. The summed E-state index contributed by atoms with van der Waals surface area (Å²) < 4.78 is 40.7. The second kappa shape index (κ2) is 13.0. The predicted molar refractivity (Wildman–Crippen MR) is 140 cm³/mol. The fourth-order valence-corrected chi connectivity index (χ4v) is 4.70. The number of rotatable bonds is 12. The molecule has 0 saturated carbocycles. The Kier molecular flexibility index (Phi) is 10.7. The molecule has 2 amide bonds. The molecule has 7 nitrogen and oxygen atoms in total. The smallest absolute Gasteiger partial charge is 0.242 e. The van der Waals surface area contributed by atoms with E-state index >= 15 is 0 Å². The highest BCUT2D eigenvalue weighted by Crippen LogP contribution is 2.22. The third-order valence-corrected chi connectivity index (χ3v) is 7.42. The highest BCUT2D eigenvalue weighted by Gasteiger charge is 2.27. The van der Waals surface area contributed by atoms with Crippen LogP contribution >= 0.6 is 15.9 Å². The van der Waals surface area contributed by atoms with E-state index in [1.165, 1.54) is 23.1 Å². The summed E-state index contributed by atoms with van der Waals surface area (Å²) in [7, 11) is -3.76. The molecule has 1 N–H and O–H groups in total. The van der Waals surface area contributed by atoms with E-state index in [2.05, 4.69) is 21.2 Å². The molecule has 2 rings (SSSR count). The molecule has 2 atom stereocenters. The first kappa shape index (κ1) is 28.8. The molecule has 10 heteroatoms. The van der Waals surface area contributed by atoms with Gasteiger partial charge < -0.3 is 10.2 Å². The molecule has 0 spiro atoms. The quantitative estimate of drug-likeness (QED) is 0.408. The summed E-state index contributed by atoms with van der Waals surface area (Å²) in [5, 5.41) is 2.91. The molecule has 0 aliphatic carbocycles. The Labute approximate surface area is 215 Å². The first-order chi connectivity index (χ1) is 16.4. The summed E-state index contributed by atoms with van der Waals surface area (Å²) in [4.78, 5) is 27.5. The van der Waals surface area contributed by atoms with Gasteiger partial charge in [-0.15, -0.1) is 0 Å². The largest absolute Gasteiger partial charge is 0.352 e. The fraction of sp³-hybridized carbons (Fsp3) is 0.440. The average molecular weight is 571 g/mol. The Morgan fingerprint density at radius 1 is 1.09 bits per heavy atom. The van der Waals surface area contributed by atoms with E-state index in [-0.39, 0.29) is 49.5 Å². The maximum absolute atomic E-state index is 14.3. The highest BCUT2D eigenvalue weighted by molar-refractivity contribution is 9.10. The van der Waals surface area contributed by atoms with Crippen LogP contribution in [-0.2, 0) is 26.2 Å². The molecule has 0 aromatic heterocycles. The molecule has 2 aromatic carbocycles. The van der Waals surface area contributed by atoms with Crippen LogP contribution in [0.3, 0.4) is 0 Å². The van der Waals surface area contributed by atoms with Crippen LogP contribution in [0.4, 0.5) is 10.1 Å². The van der Waals surface area contributed by atoms with E-state index in [0.29, 0.717) is 0 Å². The van der Waals surface area contributed by atoms with Gasteiger partial charge in [-0.3, -0.25) is 13.9 Å². The maximum Gasteiger partial charge on any atom is 0.242 e. The zero-order chi connectivity index (χ0) is 26.2. The number of halogens is 2. The van der Waals surface area contributed by atoms with Gasteiger partial charge in [0.25, 0.3) is 0 Å². The lowest BCUT2D eigenvalue weighted by atomic mass is 10.1. The van der Waals surface area contributed by atoms with E-state index in [0.717, 1.165) is 27.0 Å². The Balaban J connectivity index is 2.17. The van der Waals surface area contributed by atoms with Gasteiger partial charge in [-0.2, -0.15) is 0 Å².